The zero-order valence-corrected chi connectivity index (χ0v) is 18.1. The van der Waals surface area contributed by atoms with Gasteiger partial charge in [-0.05, 0) is 30.7 Å². The van der Waals surface area contributed by atoms with Crippen LogP contribution < -0.4 is 10.9 Å². The van der Waals surface area contributed by atoms with Gasteiger partial charge in [-0.2, -0.15) is 9.61 Å². The SMILES string of the molecule is CCCc1nn2c(=O)cc(COC(=O)c3ccccc3NC(=O)c3ccccc3)nc2s1. The van der Waals surface area contributed by atoms with E-state index in [0.717, 1.165) is 17.8 Å². The van der Waals surface area contributed by atoms with Gasteiger partial charge in [0.05, 0.1) is 16.9 Å². The normalized spacial score (nSPS) is 10.8. The first kappa shape index (κ1) is 21.4. The van der Waals surface area contributed by atoms with Gasteiger partial charge in [-0.25, -0.2) is 9.78 Å². The molecule has 4 rings (SSSR count). The number of hydrogen-bond acceptors (Lipinski definition) is 7. The molecule has 9 heteroatoms. The summed E-state index contributed by atoms with van der Waals surface area (Å²) in [7, 11) is 0. The molecule has 0 radical (unpaired) electrons. The molecule has 32 heavy (non-hydrogen) atoms. The number of nitrogens with one attached hydrogen (secondary N) is 1. The molecular formula is C23H20N4O4S. The molecule has 0 spiro atoms. The van der Waals surface area contributed by atoms with E-state index in [2.05, 4.69) is 15.4 Å². The lowest BCUT2D eigenvalue weighted by atomic mass is 10.1. The van der Waals surface area contributed by atoms with Gasteiger partial charge in [0, 0.05) is 18.1 Å². The van der Waals surface area contributed by atoms with E-state index in [-0.39, 0.29) is 23.6 Å². The Morgan fingerprint density at radius 1 is 1.09 bits per heavy atom. The summed E-state index contributed by atoms with van der Waals surface area (Å²) in [5, 5.41) is 7.83. The van der Waals surface area contributed by atoms with Crippen molar-refractivity contribution in [3.8, 4) is 0 Å². The zero-order valence-electron chi connectivity index (χ0n) is 17.3. The summed E-state index contributed by atoms with van der Waals surface area (Å²) in [6, 6.07) is 16.6. The van der Waals surface area contributed by atoms with Crippen LogP contribution in [-0.2, 0) is 17.8 Å². The molecule has 162 valence electrons. The standard InChI is InChI=1S/C23H20N4O4S/c1-2-8-19-26-27-20(28)13-16(24-23(27)32-19)14-31-22(30)17-11-6-7-12-18(17)25-21(29)15-9-4-3-5-10-15/h3-7,9-13H,2,8,14H2,1H3,(H,25,29). The van der Waals surface area contributed by atoms with Crippen LogP contribution in [0.5, 0.6) is 0 Å². The highest BCUT2D eigenvalue weighted by atomic mass is 32.1. The summed E-state index contributed by atoms with van der Waals surface area (Å²) < 4.78 is 6.64. The molecule has 2 heterocycles. The number of nitrogens with zero attached hydrogens (tertiary/aromatic N) is 3. The summed E-state index contributed by atoms with van der Waals surface area (Å²) in [6.07, 6.45) is 1.68. The van der Waals surface area contributed by atoms with Gasteiger partial charge >= 0.3 is 5.97 Å². The monoisotopic (exact) mass is 448 g/mol. The van der Waals surface area contributed by atoms with E-state index in [1.165, 1.54) is 21.9 Å². The molecule has 8 nitrogen and oxygen atoms in total. The Labute approximate surface area is 187 Å². The van der Waals surface area contributed by atoms with Crippen LogP contribution in [0.3, 0.4) is 0 Å². The van der Waals surface area contributed by atoms with Crippen molar-refractivity contribution in [3.05, 3.63) is 92.8 Å². The molecule has 1 N–H and O–H groups in total. The molecule has 2 aromatic heterocycles. The van der Waals surface area contributed by atoms with Crippen molar-refractivity contribution in [2.24, 2.45) is 0 Å². The molecule has 0 bridgehead atoms. The Balaban J connectivity index is 1.49. The Hall–Kier alpha value is -3.85. The van der Waals surface area contributed by atoms with Crippen molar-refractivity contribution in [3.63, 3.8) is 0 Å². The van der Waals surface area contributed by atoms with Gasteiger partial charge in [-0.15, -0.1) is 0 Å². The first-order valence-electron chi connectivity index (χ1n) is 10.1. The number of carbonyl (C=O) groups is 2. The maximum Gasteiger partial charge on any atom is 0.340 e. The molecule has 1 amide bonds. The number of carbonyl (C=O) groups excluding carboxylic acids is 2. The van der Waals surface area contributed by atoms with Gasteiger partial charge in [0.2, 0.25) is 4.96 Å². The number of aromatic nitrogens is 3. The summed E-state index contributed by atoms with van der Waals surface area (Å²) in [5.41, 5.74) is 1.02. The number of anilines is 1. The number of para-hydroxylation sites is 1. The van der Waals surface area contributed by atoms with Gasteiger partial charge < -0.3 is 10.1 Å². The lowest BCUT2D eigenvalue weighted by Gasteiger charge is -2.11. The van der Waals surface area contributed by atoms with E-state index in [0.29, 0.717) is 21.9 Å². The number of aryl methyl sites for hydroxylation is 1. The lowest BCUT2D eigenvalue weighted by Crippen LogP contribution is -2.18. The average molecular weight is 449 g/mol. The van der Waals surface area contributed by atoms with E-state index in [1.807, 2.05) is 13.0 Å². The highest BCUT2D eigenvalue weighted by molar-refractivity contribution is 7.16. The Morgan fingerprint density at radius 3 is 2.62 bits per heavy atom. The number of hydrogen-bond donors (Lipinski definition) is 1. The fourth-order valence-corrected chi connectivity index (χ4v) is 4.08. The molecular weight excluding hydrogens is 428 g/mol. The summed E-state index contributed by atoms with van der Waals surface area (Å²) in [5.74, 6) is -0.967. The average Bonchev–Trinajstić information content (AvgIpc) is 3.22. The van der Waals surface area contributed by atoms with E-state index in [4.69, 9.17) is 4.74 Å². The predicted octanol–water partition coefficient (Wildman–Crippen LogP) is 3.71. The number of esters is 1. The second kappa shape index (κ2) is 9.52. The van der Waals surface area contributed by atoms with Crippen LogP contribution in [0.4, 0.5) is 5.69 Å². The molecule has 0 fully saturated rings. The van der Waals surface area contributed by atoms with E-state index in [9.17, 15) is 14.4 Å². The molecule has 0 aliphatic rings. The first-order chi connectivity index (χ1) is 15.5. The van der Waals surface area contributed by atoms with Crippen molar-refractivity contribution < 1.29 is 14.3 Å². The van der Waals surface area contributed by atoms with Crippen LogP contribution in [0.25, 0.3) is 4.96 Å². The van der Waals surface area contributed by atoms with Crippen molar-refractivity contribution in [1.82, 2.24) is 14.6 Å². The van der Waals surface area contributed by atoms with Crippen LogP contribution in [0.1, 0.15) is 44.8 Å². The highest BCUT2D eigenvalue weighted by Crippen LogP contribution is 2.18. The molecule has 0 atom stereocenters. The maximum atomic E-state index is 12.7. The van der Waals surface area contributed by atoms with Gasteiger partial charge in [0.15, 0.2) is 0 Å². The van der Waals surface area contributed by atoms with Crippen molar-refractivity contribution in [2.75, 3.05) is 5.32 Å². The fraction of sp³-hybridized carbons (Fsp3) is 0.174. The van der Waals surface area contributed by atoms with Gasteiger partial charge in [-0.1, -0.05) is 48.6 Å². The Morgan fingerprint density at radius 2 is 1.84 bits per heavy atom. The summed E-state index contributed by atoms with van der Waals surface area (Å²) in [4.78, 5) is 42.3. The zero-order chi connectivity index (χ0) is 22.5. The summed E-state index contributed by atoms with van der Waals surface area (Å²) >= 11 is 1.34. The topological polar surface area (TPSA) is 103 Å². The molecule has 2 aromatic carbocycles. The third kappa shape index (κ3) is 4.73. The third-order valence-electron chi connectivity index (χ3n) is 4.59. The second-order valence-corrected chi connectivity index (χ2v) is 8.01. The van der Waals surface area contributed by atoms with Gasteiger partial charge in [0.1, 0.15) is 11.6 Å². The third-order valence-corrected chi connectivity index (χ3v) is 5.55. The number of rotatable bonds is 7. The van der Waals surface area contributed by atoms with Crippen molar-refractivity contribution in [2.45, 2.75) is 26.4 Å². The second-order valence-electron chi connectivity index (χ2n) is 6.97. The molecule has 0 saturated carbocycles. The minimum absolute atomic E-state index is 0.174. The predicted molar refractivity (Wildman–Crippen MR) is 121 cm³/mol. The molecule has 4 aromatic rings. The quantitative estimate of drug-likeness (QED) is 0.433. The highest BCUT2D eigenvalue weighted by Gasteiger charge is 2.16. The molecule has 0 saturated heterocycles. The Kier molecular flexibility index (Phi) is 6.37. The smallest absolute Gasteiger partial charge is 0.340 e. The van der Waals surface area contributed by atoms with Gasteiger partial charge in [0.25, 0.3) is 11.5 Å². The first-order valence-corrected chi connectivity index (χ1v) is 10.9. The van der Waals surface area contributed by atoms with Crippen LogP contribution in [0.15, 0.2) is 65.5 Å². The molecule has 0 aliphatic carbocycles. The number of ether oxygens (including phenoxy) is 1. The van der Waals surface area contributed by atoms with Crippen molar-refractivity contribution in [1.29, 1.82) is 0 Å². The van der Waals surface area contributed by atoms with Gasteiger partial charge in [-0.3, -0.25) is 9.59 Å². The van der Waals surface area contributed by atoms with E-state index in [1.54, 1.807) is 48.5 Å². The number of amides is 1. The number of benzene rings is 2. The largest absolute Gasteiger partial charge is 0.456 e. The maximum absolute atomic E-state index is 12.7. The van der Waals surface area contributed by atoms with Crippen LogP contribution in [-0.4, -0.2) is 26.5 Å². The lowest BCUT2D eigenvalue weighted by molar-refractivity contribution is 0.0469. The van der Waals surface area contributed by atoms with Crippen LogP contribution in [0.2, 0.25) is 0 Å². The van der Waals surface area contributed by atoms with Crippen molar-refractivity contribution >= 4 is 33.9 Å². The van der Waals surface area contributed by atoms with E-state index >= 15 is 0 Å². The number of fused-ring (bicyclic) bond motifs is 1. The summed E-state index contributed by atoms with van der Waals surface area (Å²) in [6.45, 7) is 1.86. The fourth-order valence-electron chi connectivity index (χ4n) is 3.06. The minimum atomic E-state index is -0.632. The minimum Gasteiger partial charge on any atom is -0.456 e. The Bertz CT molecular complexity index is 1330. The molecule has 0 aliphatic heterocycles. The van der Waals surface area contributed by atoms with Crippen LogP contribution >= 0.6 is 11.3 Å². The van der Waals surface area contributed by atoms with Crippen LogP contribution in [0, 0.1) is 0 Å². The molecule has 0 unspecified atom stereocenters. The van der Waals surface area contributed by atoms with E-state index < -0.39 is 5.97 Å².